The van der Waals surface area contributed by atoms with Gasteiger partial charge < -0.3 is 5.73 Å². The highest BCUT2D eigenvalue weighted by atomic mass is 32.2. The van der Waals surface area contributed by atoms with Crippen molar-refractivity contribution in [2.75, 3.05) is 12.3 Å². The smallest absolute Gasteiger partial charge is 0.214 e. The Kier molecular flexibility index (Phi) is 3.05. The summed E-state index contributed by atoms with van der Waals surface area (Å²) in [7, 11) is -3.02. The largest absolute Gasteiger partial charge is 0.326 e. The zero-order chi connectivity index (χ0) is 11.1. The van der Waals surface area contributed by atoms with E-state index < -0.39 is 10.0 Å². The molecule has 2 fully saturated rings. The Labute approximate surface area is 91.9 Å². The average Bonchev–Trinajstić information content (AvgIpc) is 2.40. The standard InChI is InChI=1S/C10H20N2O2S/c1-8-6-12(15(13,14)7-8)10-5-3-2-4-9(10)11/h8-10H,2-7,11H2,1H3. The van der Waals surface area contributed by atoms with E-state index in [-0.39, 0.29) is 18.0 Å². The molecule has 2 N–H and O–H groups in total. The summed E-state index contributed by atoms with van der Waals surface area (Å²) in [6.07, 6.45) is 4.15. The van der Waals surface area contributed by atoms with Crippen molar-refractivity contribution in [3.05, 3.63) is 0 Å². The van der Waals surface area contributed by atoms with Gasteiger partial charge in [0.15, 0.2) is 0 Å². The first-order valence-electron chi connectivity index (χ1n) is 5.76. The molecule has 0 radical (unpaired) electrons. The maximum Gasteiger partial charge on any atom is 0.214 e. The van der Waals surface area contributed by atoms with Crippen molar-refractivity contribution in [3.8, 4) is 0 Å². The van der Waals surface area contributed by atoms with Gasteiger partial charge in [0.1, 0.15) is 0 Å². The number of hydrogen-bond acceptors (Lipinski definition) is 3. The van der Waals surface area contributed by atoms with Gasteiger partial charge in [0.25, 0.3) is 0 Å². The van der Waals surface area contributed by atoms with Crippen LogP contribution in [-0.4, -0.2) is 37.1 Å². The van der Waals surface area contributed by atoms with Crippen molar-refractivity contribution in [1.29, 1.82) is 0 Å². The molecular formula is C10H20N2O2S. The molecule has 1 saturated heterocycles. The molecule has 0 aromatic heterocycles. The molecular weight excluding hydrogens is 212 g/mol. The first-order chi connectivity index (χ1) is 7.00. The monoisotopic (exact) mass is 232 g/mol. The third-order valence-electron chi connectivity index (χ3n) is 3.50. The molecule has 0 amide bonds. The Bertz CT molecular complexity index is 328. The van der Waals surface area contributed by atoms with Crippen LogP contribution < -0.4 is 5.73 Å². The first kappa shape index (κ1) is 11.4. The van der Waals surface area contributed by atoms with Gasteiger partial charge in [-0.05, 0) is 18.8 Å². The zero-order valence-electron chi connectivity index (χ0n) is 9.22. The highest BCUT2D eigenvalue weighted by Gasteiger charge is 2.41. The molecule has 0 bridgehead atoms. The fourth-order valence-electron chi connectivity index (χ4n) is 2.77. The van der Waals surface area contributed by atoms with Crippen LogP contribution >= 0.6 is 0 Å². The Hall–Kier alpha value is -0.130. The van der Waals surface area contributed by atoms with Crippen molar-refractivity contribution < 1.29 is 8.42 Å². The first-order valence-corrected chi connectivity index (χ1v) is 7.37. The van der Waals surface area contributed by atoms with Crippen molar-refractivity contribution >= 4 is 10.0 Å². The van der Waals surface area contributed by atoms with E-state index in [1.807, 2.05) is 6.92 Å². The maximum absolute atomic E-state index is 11.9. The van der Waals surface area contributed by atoms with Crippen molar-refractivity contribution in [2.24, 2.45) is 11.7 Å². The Morgan fingerprint density at radius 3 is 2.47 bits per heavy atom. The quantitative estimate of drug-likeness (QED) is 0.717. The number of sulfonamides is 1. The summed E-state index contributed by atoms with van der Waals surface area (Å²) in [5.41, 5.74) is 6.02. The van der Waals surface area contributed by atoms with Crippen molar-refractivity contribution in [2.45, 2.75) is 44.7 Å². The topological polar surface area (TPSA) is 63.4 Å². The SMILES string of the molecule is CC1CN(C2CCCCC2N)S(=O)(=O)C1. The second kappa shape index (κ2) is 4.03. The minimum atomic E-state index is -3.02. The predicted octanol–water partition coefficient (Wildman–Crippen LogP) is 0.538. The number of rotatable bonds is 1. The normalized spacial score (nSPS) is 41.9. The van der Waals surface area contributed by atoms with Gasteiger partial charge in [-0.2, -0.15) is 4.31 Å². The highest BCUT2D eigenvalue weighted by Crippen LogP contribution is 2.29. The van der Waals surface area contributed by atoms with Gasteiger partial charge in [0, 0.05) is 18.6 Å². The van der Waals surface area contributed by atoms with Crippen LogP contribution in [-0.2, 0) is 10.0 Å². The van der Waals surface area contributed by atoms with E-state index in [2.05, 4.69) is 0 Å². The van der Waals surface area contributed by atoms with Gasteiger partial charge >= 0.3 is 0 Å². The van der Waals surface area contributed by atoms with Crippen molar-refractivity contribution in [3.63, 3.8) is 0 Å². The lowest BCUT2D eigenvalue weighted by atomic mass is 9.91. The predicted molar refractivity (Wildman–Crippen MR) is 59.9 cm³/mol. The molecule has 5 heteroatoms. The molecule has 1 aliphatic carbocycles. The Balaban J connectivity index is 2.15. The van der Waals surface area contributed by atoms with Gasteiger partial charge in [-0.1, -0.05) is 19.8 Å². The zero-order valence-corrected chi connectivity index (χ0v) is 10.0. The molecule has 15 heavy (non-hydrogen) atoms. The van der Waals surface area contributed by atoms with Gasteiger partial charge in [-0.15, -0.1) is 0 Å². The van der Waals surface area contributed by atoms with E-state index in [0.29, 0.717) is 12.3 Å². The van der Waals surface area contributed by atoms with Crippen LogP contribution in [0.4, 0.5) is 0 Å². The molecule has 0 spiro atoms. The molecule has 2 aliphatic rings. The summed E-state index contributed by atoms with van der Waals surface area (Å²) >= 11 is 0. The van der Waals surface area contributed by atoms with Crippen LogP contribution in [0.3, 0.4) is 0 Å². The molecule has 2 rings (SSSR count). The molecule has 4 nitrogen and oxygen atoms in total. The summed E-state index contributed by atoms with van der Waals surface area (Å²) in [6.45, 7) is 2.66. The lowest BCUT2D eigenvalue weighted by molar-refractivity contribution is 0.227. The second-order valence-electron chi connectivity index (χ2n) is 4.97. The van der Waals surface area contributed by atoms with Crippen LogP contribution in [0.5, 0.6) is 0 Å². The van der Waals surface area contributed by atoms with Gasteiger partial charge in [-0.25, -0.2) is 8.42 Å². The van der Waals surface area contributed by atoms with Gasteiger partial charge in [0.05, 0.1) is 5.75 Å². The van der Waals surface area contributed by atoms with E-state index in [4.69, 9.17) is 5.73 Å². The average molecular weight is 232 g/mol. The molecule has 3 unspecified atom stereocenters. The van der Waals surface area contributed by atoms with Crippen LogP contribution in [0.25, 0.3) is 0 Å². The second-order valence-corrected chi connectivity index (χ2v) is 6.94. The minimum absolute atomic E-state index is 0.0406. The summed E-state index contributed by atoms with van der Waals surface area (Å²) in [6, 6.07) is 0.104. The molecule has 0 aromatic carbocycles. The van der Waals surface area contributed by atoms with Crippen LogP contribution in [0.1, 0.15) is 32.6 Å². The van der Waals surface area contributed by atoms with E-state index in [1.165, 1.54) is 0 Å². The van der Waals surface area contributed by atoms with Gasteiger partial charge in [0.2, 0.25) is 10.0 Å². The highest BCUT2D eigenvalue weighted by molar-refractivity contribution is 7.89. The fraction of sp³-hybridized carbons (Fsp3) is 1.00. The van der Waals surface area contributed by atoms with Crippen molar-refractivity contribution in [1.82, 2.24) is 4.31 Å². The molecule has 1 heterocycles. The van der Waals surface area contributed by atoms with Crippen LogP contribution in [0, 0.1) is 5.92 Å². The third kappa shape index (κ3) is 2.19. The summed E-state index contributed by atoms with van der Waals surface area (Å²) in [5.74, 6) is 0.556. The molecule has 1 saturated carbocycles. The lowest BCUT2D eigenvalue weighted by Crippen LogP contribution is -2.50. The molecule has 1 aliphatic heterocycles. The third-order valence-corrected chi connectivity index (χ3v) is 5.62. The van der Waals surface area contributed by atoms with E-state index in [1.54, 1.807) is 4.31 Å². The maximum atomic E-state index is 11.9. The summed E-state index contributed by atoms with van der Waals surface area (Å²) in [5, 5.41) is 0. The lowest BCUT2D eigenvalue weighted by Gasteiger charge is -2.34. The fourth-order valence-corrected chi connectivity index (χ4v) is 4.94. The minimum Gasteiger partial charge on any atom is -0.326 e. The molecule has 3 atom stereocenters. The number of nitrogens with two attached hydrogens (primary N) is 1. The van der Waals surface area contributed by atoms with Gasteiger partial charge in [-0.3, -0.25) is 0 Å². The van der Waals surface area contributed by atoms with E-state index in [0.717, 1.165) is 25.7 Å². The van der Waals surface area contributed by atoms with E-state index in [9.17, 15) is 8.42 Å². The summed E-state index contributed by atoms with van der Waals surface area (Å²) in [4.78, 5) is 0. The molecule has 88 valence electrons. The van der Waals surface area contributed by atoms with Crippen LogP contribution in [0.15, 0.2) is 0 Å². The number of nitrogens with zero attached hydrogens (tertiary/aromatic N) is 1. The summed E-state index contributed by atoms with van der Waals surface area (Å²) < 4.78 is 25.4. The Morgan fingerprint density at radius 1 is 1.27 bits per heavy atom. The van der Waals surface area contributed by atoms with Crippen LogP contribution in [0.2, 0.25) is 0 Å². The Morgan fingerprint density at radius 2 is 1.93 bits per heavy atom. The number of hydrogen-bond donors (Lipinski definition) is 1. The van der Waals surface area contributed by atoms with E-state index >= 15 is 0 Å². The molecule has 0 aromatic rings.